The quantitative estimate of drug-likeness (QED) is 0.566. The minimum Gasteiger partial charge on any atom is -0.503 e. The number of anilines is 1. The molecule has 2 aromatic carbocycles. The molecule has 0 fully saturated rings. The molecule has 0 aromatic heterocycles. The Bertz CT molecular complexity index is 763. The molecule has 0 heterocycles. The first kappa shape index (κ1) is 17.6. The van der Waals surface area contributed by atoms with E-state index in [1.54, 1.807) is 19.1 Å². The van der Waals surface area contributed by atoms with Crippen LogP contribution in [0.5, 0.6) is 11.5 Å². The highest BCUT2D eigenvalue weighted by Crippen LogP contribution is 2.34. The van der Waals surface area contributed by atoms with E-state index < -0.39 is 6.03 Å². The Morgan fingerprint density at radius 1 is 1.38 bits per heavy atom. The van der Waals surface area contributed by atoms with E-state index in [9.17, 15) is 9.90 Å². The fourth-order valence-electron chi connectivity index (χ4n) is 1.96. The second-order valence-corrected chi connectivity index (χ2v) is 5.33. The number of carbonyl (C=O) groups is 1. The lowest BCUT2D eigenvalue weighted by atomic mass is 10.2. The molecule has 0 unspecified atom stereocenters. The van der Waals surface area contributed by atoms with Crippen LogP contribution in [0.25, 0.3) is 0 Å². The summed E-state index contributed by atoms with van der Waals surface area (Å²) in [6, 6.07) is 10.1. The zero-order valence-electron chi connectivity index (χ0n) is 13.3. The van der Waals surface area contributed by atoms with Crippen LogP contribution in [0, 0.1) is 6.92 Å². The molecule has 2 rings (SSSR count). The third-order valence-electron chi connectivity index (χ3n) is 3.12. The molecule has 0 atom stereocenters. The first-order chi connectivity index (χ1) is 11.5. The molecule has 3 N–H and O–H groups in total. The number of phenols is 1. The molecule has 126 valence electrons. The number of rotatable bonds is 5. The van der Waals surface area contributed by atoms with Gasteiger partial charge in [-0.3, -0.25) is 0 Å². The Morgan fingerprint density at radius 2 is 2.12 bits per heavy atom. The van der Waals surface area contributed by atoms with Crippen LogP contribution in [0.4, 0.5) is 10.5 Å². The number of aromatic hydroxyl groups is 1. The summed E-state index contributed by atoms with van der Waals surface area (Å²) in [5, 5.41) is 16.5. The highest BCUT2D eigenvalue weighted by molar-refractivity contribution is 6.32. The van der Waals surface area contributed by atoms with Gasteiger partial charge in [0.05, 0.1) is 17.8 Å². The van der Waals surface area contributed by atoms with Crippen LogP contribution in [0.2, 0.25) is 5.02 Å². The SMILES string of the molecule is CCOc1cc(/C=N/NC(=O)Nc2ccccc2C)cc(Cl)c1O. The summed E-state index contributed by atoms with van der Waals surface area (Å²) in [5.74, 6) is 0.136. The van der Waals surface area contributed by atoms with Crippen molar-refractivity contribution < 1.29 is 14.6 Å². The van der Waals surface area contributed by atoms with Crippen molar-refractivity contribution in [1.29, 1.82) is 0 Å². The number of ether oxygens (including phenoxy) is 1. The zero-order chi connectivity index (χ0) is 17.5. The van der Waals surface area contributed by atoms with Gasteiger partial charge in [-0.1, -0.05) is 29.8 Å². The van der Waals surface area contributed by atoms with Gasteiger partial charge >= 0.3 is 6.03 Å². The molecule has 7 heteroatoms. The first-order valence-corrected chi connectivity index (χ1v) is 7.70. The summed E-state index contributed by atoms with van der Waals surface area (Å²) < 4.78 is 5.28. The largest absolute Gasteiger partial charge is 0.503 e. The van der Waals surface area contributed by atoms with Crippen LogP contribution in [-0.4, -0.2) is 24.0 Å². The topological polar surface area (TPSA) is 83.0 Å². The van der Waals surface area contributed by atoms with Crippen LogP contribution >= 0.6 is 11.6 Å². The Labute approximate surface area is 145 Å². The fourth-order valence-corrected chi connectivity index (χ4v) is 2.18. The number of carbonyl (C=O) groups excluding carboxylic acids is 1. The van der Waals surface area contributed by atoms with Crippen molar-refractivity contribution in [3.63, 3.8) is 0 Å². The number of urea groups is 1. The number of amides is 2. The van der Waals surface area contributed by atoms with Gasteiger partial charge in [-0.05, 0) is 43.2 Å². The van der Waals surface area contributed by atoms with Gasteiger partial charge in [-0.2, -0.15) is 5.10 Å². The van der Waals surface area contributed by atoms with Crippen molar-refractivity contribution in [2.75, 3.05) is 11.9 Å². The van der Waals surface area contributed by atoms with E-state index in [-0.39, 0.29) is 16.5 Å². The van der Waals surface area contributed by atoms with Gasteiger partial charge in [0.1, 0.15) is 0 Å². The van der Waals surface area contributed by atoms with Crippen LogP contribution in [0.3, 0.4) is 0 Å². The van der Waals surface area contributed by atoms with Crippen molar-refractivity contribution in [3.05, 3.63) is 52.5 Å². The maximum Gasteiger partial charge on any atom is 0.339 e. The lowest BCUT2D eigenvalue weighted by Gasteiger charge is -2.08. The minimum absolute atomic E-state index is 0.124. The van der Waals surface area contributed by atoms with Crippen molar-refractivity contribution in [2.45, 2.75) is 13.8 Å². The van der Waals surface area contributed by atoms with Crippen molar-refractivity contribution in [2.24, 2.45) is 5.10 Å². The summed E-state index contributed by atoms with van der Waals surface area (Å²) in [6.07, 6.45) is 1.41. The predicted octanol–water partition coefficient (Wildman–Crippen LogP) is 3.91. The number of phenolic OH excluding ortho intramolecular Hbond substituents is 1. The lowest BCUT2D eigenvalue weighted by molar-refractivity contribution is 0.252. The van der Waals surface area contributed by atoms with Gasteiger partial charge < -0.3 is 15.2 Å². The average Bonchev–Trinajstić information content (AvgIpc) is 2.54. The highest BCUT2D eigenvalue weighted by Gasteiger charge is 2.08. The van der Waals surface area contributed by atoms with Gasteiger partial charge in [-0.15, -0.1) is 0 Å². The van der Waals surface area contributed by atoms with Crippen molar-refractivity contribution >= 4 is 29.5 Å². The van der Waals surface area contributed by atoms with Gasteiger partial charge in [0, 0.05) is 5.69 Å². The average molecular weight is 348 g/mol. The number of para-hydroxylation sites is 1. The molecule has 0 saturated carbocycles. The molecule has 0 aliphatic carbocycles. The molecule has 2 aromatic rings. The summed E-state index contributed by atoms with van der Waals surface area (Å²) in [7, 11) is 0. The van der Waals surface area contributed by atoms with Crippen LogP contribution in [0.15, 0.2) is 41.5 Å². The number of nitrogens with one attached hydrogen (secondary N) is 2. The Kier molecular flexibility index (Phi) is 6.03. The second-order valence-electron chi connectivity index (χ2n) is 4.92. The Morgan fingerprint density at radius 3 is 2.83 bits per heavy atom. The molecular weight excluding hydrogens is 330 g/mol. The Hall–Kier alpha value is -2.73. The molecule has 0 bridgehead atoms. The van der Waals surface area contributed by atoms with Gasteiger partial charge in [0.15, 0.2) is 11.5 Å². The molecule has 0 spiro atoms. The zero-order valence-corrected chi connectivity index (χ0v) is 14.1. The number of hydrogen-bond acceptors (Lipinski definition) is 4. The predicted molar refractivity (Wildman–Crippen MR) is 95.2 cm³/mol. The smallest absolute Gasteiger partial charge is 0.339 e. The van der Waals surface area contributed by atoms with Gasteiger partial charge in [0.2, 0.25) is 0 Å². The van der Waals surface area contributed by atoms with E-state index >= 15 is 0 Å². The molecule has 0 saturated heterocycles. The van der Waals surface area contributed by atoms with Crippen molar-refractivity contribution in [3.8, 4) is 11.5 Å². The fraction of sp³-hybridized carbons (Fsp3) is 0.176. The minimum atomic E-state index is -0.463. The number of hydrazone groups is 1. The third kappa shape index (κ3) is 4.63. The maximum atomic E-state index is 11.8. The number of benzene rings is 2. The van der Waals surface area contributed by atoms with E-state index in [4.69, 9.17) is 16.3 Å². The number of aryl methyl sites for hydroxylation is 1. The van der Waals surface area contributed by atoms with Gasteiger partial charge in [-0.25, -0.2) is 10.2 Å². The lowest BCUT2D eigenvalue weighted by Crippen LogP contribution is -2.24. The van der Waals surface area contributed by atoms with Crippen LogP contribution in [0.1, 0.15) is 18.1 Å². The number of halogens is 1. The van der Waals surface area contributed by atoms with E-state index in [0.29, 0.717) is 17.9 Å². The van der Waals surface area contributed by atoms with Gasteiger partial charge in [0.25, 0.3) is 0 Å². The molecular formula is C17H18ClN3O3. The Balaban J connectivity index is 2.01. The molecule has 2 amide bonds. The van der Waals surface area contributed by atoms with E-state index in [0.717, 1.165) is 5.56 Å². The van der Waals surface area contributed by atoms with E-state index in [2.05, 4.69) is 15.8 Å². The summed E-state index contributed by atoms with van der Waals surface area (Å²) >= 11 is 5.93. The maximum absolute atomic E-state index is 11.8. The van der Waals surface area contributed by atoms with Crippen LogP contribution in [-0.2, 0) is 0 Å². The van der Waals surface area contributed by atoms with Crippen molar-refractivity contribution in [1.82, 2.24) is 5.43 Å². The third-order valence-corrected chi connectivity index (χ3v) is 3.41. The standard InChI is InChI=1S/C17H18ClN3O3/c1-3-24-15-9-12(8-13(18)16(15)22)10-19-21-17(23)20-14-7-5-4-6-11(14)2/h4-10,22H,3H2,1-2H3,(H2,20,21,23)/b19-10+. The monoisotopic (exact) mass is 347 g/mol. The molecule has 6 nitrogen and oxygen atoms in total. The molecule has 0 aliphatic heterocycles. The summed E-state index contributed by atoms with van der Waals surface area (Å²) in [6.45, 7) is 4.08. The molecule has 24 heavy (non-hydrogen) atoms. The summed E-state index contributed by atoms with van der Waals surface area (Å²) in [4.78, 5) is 11.8. The second kappa shape index (κ2) is 8.21. The summed E-state index contributed by atoms with van der Waals surface area (Å²) in [5.41, 5.74) is 4.60. The number of nitrogens with zero attached hydrogens (tertiary/aromatic N) is 1. The molecule has 0 aliphatic rings. The normalized spacial score (nSPS) is 10.6. The van der Waals surface area contributed by atoms with E-state index in [1.807, 2.05) is 25.1 Å². The first-order valence-electron chi connectivity index (χ1n) is 7.32. The highest BCUT2D eigenvalue weighted by atomic mass is 35.5. The number of hydrogen-bond donors (Lipinski definition) is 3. The molecule has 0 radical (unpaired) electrons. The van der Waals surface area contributed by atoms with E-state index in [1.165, 1.54) is 12.3 Å². The van der Waals surface area contributed by atoms with Crippen LogP contribution < -0.4 is 15.5 Å².